The Hall–Kier alpha value is 0.160. The Morgan fingerprint density at radius 2 is 1.67 bits per heavy atom. The zero-order valence-corrected chi connectivity index (χ0v) is 8.65. The number of allylic oxidation sites excluding steroid dienone is 4. The van der Waals surface area contributed by atoms with Gasteiger partial charge in [0.25, 0.3) is 0 Å². The average molecular weight is 310 g/mol. The largest absolute Gasteiger partial charge is 0.223 e. The van der Waals surface area contributed by atoms with Gasteiger partial charge in [0.2, 0.25) is 4.58 Å². The fraction of sp³-hybridized carbons (Fsp3) is 0.333. The van der Waals surface area contributed by atoms with Crippen molar-refractivity contribution >= 4 is 31.9 Å². The molecule has 68 valence electrons. The molecule has 0 amide bonds. The molecule has 0 saturated heterocycles. The Morgan fingerprint density at radius 1 is 1.17 bits per heavy atom. The van der Waals surface area contributed by atoms with Gasteiger partial charge in [0.15, 0.2) is 17.5 Å². The Balaban J connectivity index is 3.20. The lowest BCUT2D eigenvalue weighted by Gasteiger charge is -2.20. The molecular formula is C6H2Br2F4. The van der Waals surface area contributed by atoms with Crippen molar-refractivity contribution in [3.05, 3.63) is 22.0 Å². The summed E-state index contributed by atoms with van der Waals surface area (Å²) in [4.78, 5) is 0. The van der Waals surface area contributed by atoms with Gasteiger partial charge in [0.05, 0.1) is 0 Å². The van der Waals surface area contributed by atoms with Crippen molar-refractivity contribution in [1.82, 2.24) is 0 Å². The predicted octanol–water partition coefficient (Wildman–Crippen LogP) is 4.18. The van der Waals surface area contributed by atoms with Crippen LogP contribution >= 0.6 is 31.9 Å². The van der Waals surface area contributed by atoms with Gasteiger partial charge in [-0.2, -0.15) is 0 Å². The average Bonchev–Trinajstić information content (AvgIpc) is 1.97. The molecule has 12 heavy (non-hydrogen) atoms. The van der Waals surface area contributed by atoms with Crippen molar-refractivity contribution in [1.29, 1.82) is 0 Å². The third-order valence-electron chi connectivity index (χ3n) is 1.32. The molecule has 6 heteroatoms. The van der Waals surface area contributed by atoms with Crippen LogP contribution in [0.15, 0.2) is 22.0 Å². The smallest absolute Gasteiger partial charge is 0.223 e. The first-order chi connectivity index (χ1) is 5.36. The molecule has 1 unspecified atom stereocenters. The molecular weight excluding hydrogens is 308 g/mol. The maximum Gasteiger partial charge on any atom is 0.223 e. The lowest BCUT2D eigenvalue weighted by Crippen LogP contribution is -2.19. The molecule has 0 bridgehead atoms. The highest BCUT2D eigenvalue weighted by molar-refractivity contribution is 9.12. The van der Waals surface area contributed by atoms with Crippen LogP contribution in [0.5, 0.6) is 0 Å². The van der Waals surface area contributed by atoms with E-state index in [2.05, 4.69) is 31.9 Å². The van der Waals surface area contributed by atoms with Crippen LogP contribution in [0.4, 0.5) is 17.6 Å². The highest BCUT2D eigenvalue weighted by Crippen LogP contribution is 2.47. The molecule has 0 aromatic heterocycles. The summed E-state index contributed by atoms with van der Waals surface area (Å²) < 4.78 is 47.6. The van der Waals surface area contributed by atoms with Crippen LogP contribution in [0.1, 0.15) is 6.42 Å². The zero-order chi connectivity index (χ0) is 9.52. The third kappa shape index (κ3) is 1.59. The molecule has 0 N–H and O–H groups in total. The van der Waals surface area contributed by atoms with E-state index in [1.165, 1.54) is 0 Å². The summed E-state index contributed by atoms with van der Waals surface area (Å²) in [5.74, 6) is -4.95. The Bertz CT molecular complexity index is 279. The summed E-state index contributed by atoms with van der Waals surface area (Å²) in [6.07, 6.45) is -0.599. The number of hydrogen-bond acceptors (Lipinski definition) is 0. The van der Waals surface area contributed by atoms with Gasteiger partial charge in [-0.15, -0.1) is 0 Å². The van der Waals surface area contributed by atoms with Gasteiger partial charge in [0, 0.05) is 10.9 Å². The molecule has 1 atom stereocenters. The number of alkyl halides is 2. The first-order valence-corrected chi connectivity index (χ1v) is 4.43. The van der Waals surface area contributed by atoms with Crippen LogP contribution in [0.2, 0.25) is 0 Å². The van der Waals surface area contributed by atoms with E-state index < -0.39 is 28.5 Å². The topological polar surface area (TPSA) is 0 Å². The van der Waals surface area contributed by atoms with Crippen LogP contribution in [-0.4, -0.2) is 4.58 Å². The van der Waals surface area contributed by atoms with E-state index in [1.54, 1.807) is 0 Å². The lowest BCUT2D eigenvalue weighted by atomic mass is 10.1. The minimum Gasteiger partial charge on any atom is -0.223 e. The summed E-state index contributed by atoms with van der Waals surface area (Å²) in [5, 5.41) is 0. The van der Waals surface area contributed by atoms with E-state index in [4.69, 9.17) is 0 Å². The summed E-state index contributed by atoms with van der Waals surface area (Å²) in [6.45, 7) is 0. The second-order valence-electron chi connectivity index (χ2n) is 2.23. The van der Waals surface area contributed by atoms with Crippen LogP contribution in [-0.2, 0) is 0 Å². The quantitative estimate of drug-likeness (QED) is 0.465. The minimum atomic E-state index is -2.63. The molecule has 0 aromatic carbocycles. The second kappa shape index (κ2) is 3.14. The standard InChI is InChI=1S/C6H2Br2F4/c7-2-1-6(8,12)5(11)4(10)3(2)9/h1H2. The minimum absolute atomic E-state index is 0.333. The first kappa shape index (κ1) is 10.2. The fourth-order valence-electron chi connectivity index (χ4n) is 0.726. The maximum absolute atomic E-state index is 13.0. The molecule has 1 aliphatic rings. The van der Waals surface area contributed by atoms with Gasteiger partial charge in [-0.05, 0) is 15.9 Å². The van der Waals surface area contributed by atoms with Gasteiger partial charge in [-0.3, -0.25) is 0 Å². The van der Waals surface area contributed by atoms with Crippen molar-refractivity contribution in [2.45, 2.75) is 11.0 Å². The van der Waals surface area contributed by atoms with E-state index in [-0.39, 0.29) is 4.48 Å². The molecule has 0 aliphatic heterocycles. The molecule has 0 heterocycles. The van der Waals surface area contributed by atoms with Gasteiger partial charge < -0.3 is 0 Å². The Kier molecular flexibility index (Phi) is 2.68. The summed E-state index contributed by atoms with van der Waals surface area (Å²) >= 11 is 4.89. The van der Waals surface area contributed by atoms with Crippen molar-refractivity contribution < 1.29 is 17.6 Å². The third-order valence-corrected chi connectivity index (χ3v) is 2.58. The molecule has 0 fully saturated rings. The molecule has 0 spiro atoms. The van der Waals surface area contributed by atoms with Crippen LogP contribution in [0.3, 0.4) is 0 Å². The predicted molar refractivity (Wildman–Crippen MR) is 43.7 cm³/mol. The van der Waals surface area contributed by atoms with E-state index in [0.717, 1.165) is 0 Å². The van der Waals surface area contributed by atoms with Crippen molar-refractivity contribution in [3.63, 3.8) is 0 Å². The normalized spacial score (nSPS) is 31.5. The molecule has 0 nitrogen and oxygen atoms in total. The lowest BCUT2D eigenvalue weighted by molar-refractivity contribution is 0.271. The number of hydrogen-bond donors (Lipinski definition) is 0. The highest BCUT2D eigenvalue weighted by atomic mass is 79.9. The van der Waals surface area contributed by atoms with Gasteiger partial charge in [0.1, 0.15) is 0 Å². The Morgan fingerprint density at radius 3 is 2.17 bits per heavy atom. The first-order valence-electron chi connectivity index (χ1n) is 2.84. The van der Waals surface area contributed by atoms with Crippen LogP contribution < -0.4 is 0 Å². The number of halogens is 6. The van der Waals surface area contributed by atoms with E-state index in [1.807, 2.05) is 0 Å². The van der Waals surface area contributed by atoms with E-state index >= 15 is 0 Å². The number of rotatable bonds is 0. The molecule has 0 aromatic rings. The SMILES string of the molecule is FC1=C(Br)CC(F)(Br)C(F)=C1F. The molecule has 0 saturated carbocycles. The van der Waals surface area contributed by atoms with Crippen molar-refractivity contribution in [2.24, 2.45) is 0 Å². The maximum atomic E-state index is 13.0. The van der Waals surface area contributed by atoms with Crippen molar-refractivity contribution in [3.8, 4) is 0 Å². The van der Waals surface area contributed by atoms with Gasteiger partial charge in [-0.25, -0.2) is 17.6 Å². The second-order valence-corrected chi connectivity index (χ2v) is 4.44. The van der Waals surface area contributed by atoms with Crippen LogP contribution in [0.25, 0.3) is 0 Å². The summed E-state index contributed by atoms with van der Waals surface area (Å²) in [7, 11) is 0. The Labute approximate surface area is 82.6 Å². The summed E-state index contributed by atoms with van der Waals surface area (Å²) in [5.41, 5.74) is 0. The monoisotopic (exact) mass is 308 g/mol. The molecule has 0 radical (unpaired) electrons. The molecule has 1 rings (SSSR count). The van der Waals surface area contributed by atoms with E-state index in [9.17, 15) is 17.6 Å². The van der Waals surface area contributed by atoms with E-state index in [0.29, 0.717) is 0 Å². The molecule has 1 aliphatic carbocycles. The van der Waals surface area contributed by atoms with Gasteiger partial charge >= 0.3 is 0 Å². The summed E-state index contributed by atoms with van der Waals surface area (Å²) in [6, 6.07) is 0. The highest BCUT2D eigenvalue weighted by Gasteiger charge is 2.41. The fourth-order valence-corrected chi connectivity index (χ4v) is 2.12. The zero-order valence-electron chi connectivity index (χ0n) is 5.47. The van der Waals surface area contributed by atoms with Crippen LogP contribution in [0, 0.1) is 0 Å². The van der Waals surface area contributed by atoms with Gasteiger partial charge in [-0.1, -0.05) is 15.9 Å². The van der Waals surface area contributed by atoms with Crippen molar-refractivity contribution in [2.75, 3.05) is 0 Å².